The van der Waals surface area contributed by atoms with Gasteiger partial charge in [0.05, 0.1) is 5.03 Å². The summed E-state index contributed by atoms with van der Waals surface area (Å²) in [6.45, 7) is 1.85. The van der Waals surface area contributed by atoms with E-state index in [4.69, 9.17) is 5.73 Å². The van der Waals surface area contributed by atoms with Crippen LogP contribution in [0.25, 0.3) is 10.9 Å². The van der Waals surface area contributed by atoms with Gasteiger partial charge in [0.15, 0.2) is 0 Å². The van der Waals surface area contributed by atoms with Crippen molar-refractivity contribution < 1.29 is 4.39 Å². The summed E-state index contributed by atoms with van der Waals surface area (Å²) in [4.78, 5) is 3.88. The Morgan fingerprint density at radius 2 is 1.95 bits per heavy atom. The predicted octanol–water partition coefficient (Wildman–Crippen LogP) is 4.48. The number of aromatic amines is 1. The Balaban J connectivity index is 1.90. The molecule has 0 amide bonds. The lowest BCUT2D eigenvalue weighted by molar-refractivity contribution is 0.596. The van der Waals surface area contributed by atoms with E-state index in [1.807, 2.05) is 43.3 Å². The first-order valence-electron chi connectivity index (χ1n) is 6.44. The number of para-hydroxylation sites is 1. The molecule has 0 saturated carbocycles. The first kappa shape index (κ1) is 13.2. The Kier molecular flexibility index (Phi) is 3.51. The number of hydrogen-bond acceptors (Lipinski definition) is 2. The molecule has 2 nitrogen and oxygen atoms in total. The zero-order chi connectivity index (χ0) is 14.1. The van der Waals surface area contributed by atoms with Gasteiger partial charge in [-0.25, -0.2) is 4.39 Å². The van der Waals surface area contributed by atoms with E-state index in [2.05, 4.69) is 4.98 Å². The van der Waals surface area contributed by atoms with E-state index in [1.54, 1.807) is 6.07 Å². The second-order valence-electron chi connectivity index (χ2n) is 4.80. The van der Waals surface area contributed by atoms with Crippen LogP contribution in [-0.2, 0) is 0 Å². The minimum absolute atomic E-state index is 0.156. The standard InChI is InChI=1S/C16H15FN2S/c1-10(18)11-6-7-15(13(17)8-11)20-16-9-12-4-2-3-5-14(12)19-16/h2-10,19H,18H2,1H3. The monoisotopic (exact) mass is 286 g/mol. The van der Waals surface area contributed by atoms with Crippen LogP contribution in [0.4, 0.5) is 4.39 Å². The molecule has 3 N–H and O–H groups in total. The molecule has 2 aromatic carbocycles. The second-order valence-corrected chi connectivity index (χ2v) is 5.89. The molecule has 0 aliphatic rings. The van der Waals surface area contributed by atoms with E-state index < -0.39 is 0 Å². The largest absolute Gasteiger partial charge is 0.349 e. The predicted molar refractivity (Wildman–Crippen MR) is 81.4 cm³/mol. The van der Waals surface area contributed by atoms with Crippen molar-refractivity contribution in [1.82, 2.24) is 4.98 Å². The normalized spacial score (nSPS) is 12.8. The fraction of sp³-hybridized carbons (Fsp3) is 0.125. The highest BCUT2D eigenvalue weighted by molar-refractivity contribution is 7.99. The molecule has 1 heterocycles. The van der Waals surface area contributed by atoms with Crippen molar-refractivity contribution in [3.05, 3.63) is 59.9 Å². The number of hydrogen-bond donors (Lipinski definition) is 2. The van der Waals surface area contributed by atoms with E-state index in [0.717, 1.165) is 21.5 Å². The van der Waals surface area contributed by atoms with Crippen molar-refractivity contribution in [3.8, 4) is 0 Å². The topological polar surface area (TPSA) is 41.8 Å². The average molecular weight is 286 g/mol. The Bertz CT molecular complexity index is 716. The first-order valence-corrected chi connectivity index (χ1v) is 7.26. The van der Waals surface area contributed by atoms with Gasteiger partial charge in [0.25, 0.3) is 0 Å². The van der Waals surface area contributed by atoms with Crippen LogP contribution < -0.4 is 5.73 Å². The summed E-state index contributed by atoms with van der Waals surface area (Å²) in [5, 5.41) is 2.06. The smallest absolute Gasteiger partial charge is 0.137 e. The van der Waals surface area contributed by atoms with Gasteiger partial charge in [-0.1, -0.05) is 36.0 Å². The number of rotatable bonds is 3. The Labute approximate surface area is 121 Å². The van der Waals surface area contributed by atoms with Gasteiger partial charge in [0, 0.05) is 21.8 Å². The Morgan fingerprint density at radius 3 is 2.65 bits per heavy atom. The lowest BCUT2D eigenvalue weighted by Gasteiger charge is -2.07. The van der Waals surface area contributed by atoms with Crippen LogP contribution in [0.1, 0.15) is 18.5 Å². The number of halogens is 1. The molecule has 20 heavy (non-hydrogen) atoms. The third-order valence-corrected chi connectivity index (χ3v) is 4.20. The van der Waals surface area contributed by atoms with E-state index >= 15 is 0 Å². The van der Waals surface area contributed by atoms with Crippen molar-refractivity contribution >= 4 is 22.7 Å². The Hall–Kier alpha value is -1.78. The van der Waals surface area contributed by atoms with Crippen molar-refractivity contribution in [3.63, 3.8) is 0 Å². The molecule has 1 atom stereocenters. The van der Waals surface area contributed by atoms with Gasteiger partial charge in [-0.05, 0) is 36.8 Å². The number of aromatic nitrogens is 1. The first-order chi connectivity index (χ1) is 9.63. The van der Waals surface area contributed by atoms with E-state index in [9.17, 15) is 4.39 Å². The molecule has 102 valence electrons. The van der Waals surface area contributed by atoms with Gasteiger partial charge in [-0.15, -0.1) is 0 Å². The third-order valence-electron chi connectivity index (χ3n) is 3.21. The van der Waals surface area contributed by atoms with Crippen LogP contribution in [0.2, 0.25) is 0 Å². The summed E-state index contributed by atoms with van der Waals surface area (Å²) in [5.74, 6) is -0.233. The molecule has 4 heteroatoms. The maximum Gasteiger partial charge on any atom is 0.137 e. The van der Waals surface area contributed by atoms with Gasteiger partial charge in [0.1, 0.15) is 5.82 Å². The highest BCUT2D eigenvalue weighted by Gasteiger charge is 2.09. The van der Waals surface area contributed by atoms with E-state index in [-0.39, 0.29) is 11.9 Å². The van der Waals surface area contributed by atoms with Gasteiger partial charge in [0.2, 0.25) is 0 Å². The quantitative estimate of drug-likeness (QED) is 0.745. The molecule has 3 aromatic rings. The zero-order valence-corrected chi connectivity index (χ0v) is 11.9. The minimum atomic E-state index is -0.233. The number of nitrogens with one attached hydrogen (secondary N) is 1. The van der Waals surface area contributed by atoms with E-state index in [0.29, 0.717) is 4.90 Å². The van der Waals surface area contributed by atoms with Crippen LogP contribution in [-0.4, -0.2) is 4.98 Å². The minimum Gasteiger partial charge on any atom is -0.349 e. The molecule has 0 bridgehead atoms. The average Bonchev–Trinajstić information content (AvgIpc) is 2.83. The van der Waals surface area contributed by atoms with Crippen LogP contribution in [0.3, 0.4) is 0 Å². The molecule has 0 aliphatic heterocycles. The number of nitrogens with two attached hydrogens (primary N) is 1. The summed E-state index contributed by atoms with van der Waals surface area (Å²) in [5.41, 5.74) is 7.62. The van der Waals surface area contributed by atoms with Gasteiger partial charge in [-0.2, -0.15) is 0 Å². The van der Waals surface area contributed by atoms with Crippen molar-refractivity contribution in [2.24, 2.45) is 5.73 Å². The highest BCUT2D eigenvalue weighted by Crippen LogP contribution is 2.32. The molecule has 0 aliphatic carbocycles. The molecule has 0 fully saturated rings. The molecule has 1 unspecified atom stereocenters. The Morgan fingerprint density at radius 1 is 1.15 bits per heavy atom. The van der Waals surface area contributed by atoms with Gasteiger partial charge in [-0.3, -0.25) is 0 Å². The number of H-pyrrole nitrogens is 1. The fourth-order valence-electron chi connectivity index (χ4n) is 2.10. The van der Waals surface area contributed by atoms with Crippen LogP contribution >= 0.6 is 11.8 Å². The van der Waals surface area contributed by atoms with Gasteiger partial charge < -0.3 is 10.7 Å². The second kappa shape index (κ2) is 5.31. The third kappa shape index (κ3) is 2.57. The van der Waals surface area contributed by atoms with Crippen LogP contribution in [0.15, 0.2) is 58.5 Å². The van der Waals surface area contributed by atoms with Crippen molar-refractivity contribution in [2.45, 2.75) is 22.9 Å². The fourth-order valence-corrected chi connectivity index (χ4v) is 2.98. The molecular weight excluding hydrogens is 271 g/mol. The number of fused-ring (bicyclic) bond motifs is 1. The summed E-state index contributed by atoms with van der Waals surface area (Å²) in [6.07, 6.45) is 0. The molecule has 1 aromatic heterocycles. The molecule has 3 rings (SSSR count). The lowest BCUT2D eigenvalue weighted by atomic mass is 10.1. The molecular formula is C16H15FN2S. The molecule has 0 spiro atoms. The van der Waals surface area contributed by atoms with Crippen molar-refractivity contribution in [1.29, 1.82) is 0 Å². The molecule has 0 saturated heterocycles. The SMILES string of the molecule is CC(N)c1ccc(Sc2cc3ccccc3[nH]2)c(F)c1. The van der Waals surface area contributed by atoms with Gasteiger partial charge >= 0.3 is 0 Å². The van der Waals surface area contributed by atoms with Crippen LogP contribution in [0.5, 0.6) is 0 Å². The lowest BCUT2D eigenvalue weighted by Crippen LogP contribution is -2.05. The van der Waals surface area contributed by atoms with E-state index in [1.165, 1.54) is 17.8 Å². The highest BCUT2D eigenvalue weighted by atomic mass is 32.2. The number of benzene rings is 2. The van der Waals surface area contributed by atoms with Crippen LogP contribution in [0, 0.1) is 5.82 Å². The maximum absolute atomic E-state index is 14.1. The molecule has 0 radical (unpaired) electrons. The van der Waals surface area contributed by atoms with Crippen molar-refractivity contribution in [2.75, 3.05) is 0 Å². The summed E-state index contributed by atoms with van der Waals surface area (Å²) < 4.78 is 14.1. The summed E-state index contributed by atoms with van der Waals surface area (Å²) in [6, 6.07) is 15.0. The summed E-state index contributed by atoms with van der Waals surface area (Å²) in [7, 11) is 0. The zero-order valence-electron chi connectivity index (χ0n) is 11.1. The summed E-state index contributed by atoms with van der Waals surface area (Å²) >= 11 is 1.39. The maximum atomic E-state index is 14.1.